The number of thiazole rings is 1. The number of nitrogens with zero attached hydrogens (tertiary/aromatic N) is 1. The van der Waals surface area contributed by atoms with Crippen LogP contribution < -0.4 is 15.4 Å². The lowest BCUT2D eigenvalue weighted by Gasteiger charge is -2.07. The molecule has 0 aliphatic heterocycles. The van der Waals surface area contributed by atoms with Crippen molar-refractivity contribution in [2.45, 2.75) is 6.42 Å². The van der Waals surface area contributed by atoms with Crippen molar-refractivity contribution in [2.24, 2.45) is 0 Å². The number of carbonyl (C=O) groups is 1. The Kier molecular flexibility index (Phi) is 5.47. The number of rotatable bonds is 6. The SMILES string of the molecule is COc1ccccc1-c1ccc2nc(NC(=O)NCCCO)sc2c1. The van der Waals surface area contributed by atoms with Gasteiger partial charge in [-0.3, -0.25) is 5.32 Å². The summed E-state index contributed by atoms with van der Waals surface area (Å²) in [6.45, 7) is 0.471. The average Bonchev–Trinajstić information content (AvgIpc) is 3.03. The number of methoxy groups -OCH3 is 1. The van der Waals surface area contributed by atoms with Gasteiger partial charge in [-0.15, -0.1) is 0 Å². The van der Waals surface area contributed by atoms with Crippen molar-refractivity contribution in [2.75, 3.05) is 25.6 Å². The number of aliphatic hydroxyl groups excluding tert-OH is 1. The Labute approximate surface area is 149 Å². The van der Waals surface area contributed by atoms with Crippen molar-refractivity contribution >= 4 is 32.7 Å². The highest BCUT2D eigenvalue weighted by molar-refractivity contribution is 7.22. The summed E-state index contributed by atoms with van der Waals surface area (Å²) in [6, 6.07) is 13.5. The topological polar surface area (TPSA) is 83.5 Å². The molecule has 7 heteroatoms. The van der Waals surface area contributed by atoms with Crippen LogP contribution in [0.1, 0.15) is 6.42 Å². The van der Waals surface area contributed by atoms with E-state index < -0.39 is 0 Å². The highest BCUT2D eigenvalue weighted by atomic mass is 32.1. The van der Waals surface area contributed by atoms with Gasteiger partial charge in [0.25, 0.3) is 0 Å². The Balaban J connectivity index is 1.81. The van der Waals surface area contributed by atoms with Crippen LogP contribution >= 0.6 is 11.3 Å². The zero-order valence-corrected chi connectivity index (χ0v) is 14.6. The molecule has 1 aromatic heterocycles. The summed E-state index contributed by atoms with van der Waals surface area (Å²) in [4.78, 5) is 16.2. The lowest BCUT2D eigenvalue weighted by Crippen LogP contribution is -2.29. The molecule has 0 fully saturated rings. The van der Waals surface area contributed by atoms with Gasteiger partial charge in [-0.2, -0.15) is 0 Å². The quantitative estimate of drug-likeness (QED) is 0.590. The molecule has 0 saturated carbocycles. The number of fused-ring (bicyclic) bond motifs is 1. The molecule has 0 radical (unpaired) electrons. The first-order valence-electron chi connectivity index (χ1n) is 7.91. The van der Waals surface area contributed by atoms with Crippen LogP contribution in [-0.4, -0.2) is 36.4 Å². The number of anilines is 1. The maximum absolute atomic E-state index is 11.8. The van der Waals surface area contributed by atoms with Crippen LogP contribution in [0.5, 0.6) is 5.75 Å². The van der Waals surface area contributed by atoms with E-state index in [2.05, 4.69) is 15.6 Å². The number of nitrogens with one attached hydrogen (secondary N) is 2. The molecule has 0 bridgehead atoms. The maximum atomic E-state index is 11.8. The van der Waals surface area contributed by atoms with E-state index in [1.54, 1.807) is 7.11 Å². The molecule has 1 heterocycles. The summed E-state index contributed by atoms with van der Waals surface area (Å²) in [5.74, 6) is 0.813. The number of para-hydroxylation sites is 1. The van der Waals surface area contributed by atoms with Gasteiger partial charge in [0.2, 0.25) is 0 Å². The molecule has 0 saturated heterocycles. The molecule has 130 valence electrons. The molecular weight excluding hydrogens is 338 g/mol. The highest BCUT2D eigenvalue weighted by Gasteiger charge is 2.10. The van der Waals surface area contributed by atoms with Gasteiger partial charge < -0.3 is 15.2 Å². The van der Waals surface area contributed by atoms with Crippen molar-refractivity contribution in [1.82, 2.24) is 10.3 Å². The first kappa shape index (κ1) is 17.2. The molecule has 0 spiro atoms. The van der Waals surface area contributed by atoms with Crippen LogP contribution in [0.4, 0.5) is 9.93 Å². The highest BCUT2D eigenvalue weighted by Crippen LogP contribution is 2.34. The summed E-state index contributed by atoms with van der Waals surface area (Å²) in [6.07, 6.45) is 0.523. The first-order chi connectivity index (χ1) is 12.2. The van der Waals surface area contributed by atoms with Crippen molar-refractivity contribution < 1.29 is 14.6 Å². The zero-order chi connectivity index (χ0) is 17.6. The van der Waals surface area contributed by atoms with Crippen LogP contribution in [0, 0.1) is 0 Å². The zero-order valence-electron chi connectivity index (χ0n) is 13.8. The maximum Gasteiger partial charge on any atom is 0.321 e. The molecular formula is C18H19N3O3S. The third-order valence-corrected chi connectivity index (χ3v) is 4.58. The predicted octanol–water partition coefficient (Wildman–Crippen LogP) is 3.48. The third kappa shape index (κ3) is 4.07. The summed E-state index contributed by atoms with van der Waals surface area (Å²) < 4.78 is 6.40. The van der Waals surface area contributed by atoms with Gasteiger partial charge in [0.15, 0.2) is 5.13 Å². The standard InChI is InChI=1S/C18H19N3O3S/c1-24-15-6-3-2-5-13(15)12-7-8-14-16(11-12)25-18(20-14)21-17(23)19-9-4-10-22/h2-3,5-8,11,22H,4,9-10H2,1H3,(H2,19,20,21,23). The van der Waals surface area contributed by atoms with Crippen LogP contribution in [0.3, 0.4) is 0 Å². The van der Waals surface area contributed by atoms with Crippen LogP contribution in [-0.2, 0) is 0 Å². The van der Waals surface area contributed by atoms with Crippen LogP contribution in [0.15, 0.2) is 42.5 Å². The van der Waals surface area contributed by atoms with E-state index in [-0.39, 0.29) is 12.6 Å². The Hall–Kier alpha value is -2.64. The van der Waals surface area contributed by atoms with Gasteiger partial charge in [0.1, 0.15) is 5.75 Å². The predicted molar refractivity (Wildman–Crippen MR) is 100 cm³/mol. The minimum Gasteiger partial charge on any atom is -0.496 e. The molecule has 0 atom stereocenters. The first-order valence-corrected chi connectivity index (χ1v) is 8.72. The number of amides is 2. The fraction of sp³-hybridized carbons (Fsp3) is 0.222. The molecule has 3 N–H and O–H groups in total. The van der Waals surface area contributed by atoms with Gasteiger partial charge in [0, 0.05) is 18.7 Å². The number of hydrogen-bond donors (Lipinski definition) is 3. The smallest absolute Gasteiger partial charge is 0.321 e. The van der Waals surface area contributed by atoms with Crippen LogP contribution in [0.25, 0.3) is 21.3 Å². The lowest BCUT2D eigenvalue weighted by molar-refractivity contribution is 0.249. The van der Waals surface area contributed by atoms with Gasteiger partial charge in [-0.05, 0) is 30.2 Å². The van der Waals surface area contributed by atoms with Crippen molar-refractivity contribution in [3.63, 3.8) is 0 Å². The molecule has 25 heavy (non-hydrogen) atoms. The molecule has 3 rings (SSSR count). The third-order valence-electron chi connectivity index (χ3n) is 3.65. The van der Waals surface area contributed by atoms with E-state index in [4.69, 9.17) is 9.84 Å². The number of urea groups is 1. The second-order valence-electron chi connectivity index (χ2n) is 5.36. The van der Waals surface area contributed by atoms with E-state index >= 15 is 0 Å². The number of aromatic nitrogens is 1. The number of aliphatic hydroxyl groups is 1. The second-order valence-corrected chi connectivity index (χ2v) is 6.39. The summed E-state index contributed by atoms with van der Waals surface area (Å²) in [5, 5.41) is 14.7. The number of ether oxygens (including phenoxy) is 1. The van der Waals surface area contributed by atoms with E-state index in [0.717, 1.165) is 27.1 Å². The molecule has 0 aliphatic carbocycles. The molecule has 0 unspecified atom stereocenters. The van der Waals surface area contributed by atoms with E-state index in [9.17, 15) is 4.79 Å². The molecule has 0 aliphatic rings. The minimum atomic E-state index is -0.322. The molecule has 2 aromatic carbocycles. The van der Waals surface area contributed by atoms with Gasteiger partial charge >= 0.3 is 6.03 Å². The fourth-order valence-corrected chi connectivity index (χ4v) is 3.35. The lowest BCUT2D eigenvalue weighted by atomic mass is 10.0. The van der Waals surface area contributed by atoms with E-state index in [0.29, 0.717) is 18.1 Å². The summed E-state index contributed by atoms with van der Waals surface area (Å²) in [5.41, 5.74) is 2.87. The van der Waals surface area contributed by atoms with Gasteiger partial charge in [-0.25, -0.2) is 9.78 Å². The van der Waals surface area contributed by atoms with Crippen molar-refractivity contribution in [3.8, 4) is 16.9 Å². The summed E-state index contributed by atoms with van der Waals surface area (Å²) >= 11 is 1.41. The minimum absolute atomic E-state index is 0.0488. The van der Waals surface area contributed by atoms with Crippen molar-refractivity contribution in [1.29, 1.82) is 0 Å². The Bertz CT molecular complexity index is 879. The molecule has 2 amide bonds. The Morgan fingerprint density at radius 1 is 1.28 bits per heavy atom. The van der Waals surface area contributed by atoms with E-state index in [1.165, 1.54) is 11.3 Å². The van der Waals surface area contributed by atoms with Gasteiger partial charge in [0.05, 0.1) is 17.3 Å². The van der Waals surface area contributed by atoms with E-state index in [1.807, 2.05) is 42.5 Å². The monoisotopic (exact) mass is 357 g/mol. The second kappa shape index (κ2) is 7.96. The normalized spacial score (nSPS) is 10.6. The van der Waals surface area contributed by atoms with Crippen LogP contribution in [0.2, 0.25) is 0 Å². The number of benzene rings is 2. The molecule has 3 aromatic rings. The number of carbonyl (C=O) groups excluding carboxylic acids is 1. The average molecular weight is 357 g/mol. The Morgan fingerprint density at radius 2 is 2.12 bits per heavy atom. The number of hydrogen-bond acceptors (Lipinski definition) is 5. The van der Waals surface area contributed by atoms with Crippen molar-refractivity contribution in [3.05, 3.63) is 42.5 Å². The Morgan fingerprint density at radius 3 is 2.92 bits per heavy atom. The van der Waals surface area contributed by atoms with Gasteiger partial charge in [-0.1, -0.05) is 35.6 Å². The largest absolute Gasteiger partial charge is 0.496 e. The summed E-state index contributed by atoms with van der Waals surface area (Å²) in [7, 11) is 1.65. The molecule has 6 nitrogen and oxygen atoms in total. The fourth-order valence-electron chi connectivity index (χ4n) is 2.45.